The van der Waals surface area contributed by atoms with Crippen molar-refractivity contribution in [3.8, 4) is 0 Å². The molecule has 1 saturated heterocycles. The molecule has 0 aromatic heterocycles. The number of ether oxygens (including phenoxy) is 1. The topological polar surface area (TPSA) is 9.23 Å². The van der Waals surface area contributed by atoms with Gasteiger partial charge in [0.1, 0.15) is 11.2 Å². The summed E-state index contributed by atoms with van der Waals surface area (Å²) in [7, 11) is 0. The molecule has 2 unspecified atom stereocenters. The summed E-state index contributed by atoms with van der Waals surface area (Å²) >= 11 is 0. The van der Waals surface area contributed by atoms with Gasteiger partial charge in [-0.05, 0) is 72.3 Å². The quantitative estimate of drug-likeness (QED) is 0.413. The summed E-state index contributed by atoms with van der Waals surface area (Å²) < 4.78 is 7.60. The molecular weight excluding hydrogens is 376 g/mol. The molecule has 3 aliphatic carbocycles. The molecule has 2 atom stereocenters. The predicted molar refractivity (Wildman–Crippen MR) is 124 cm³/mol. The van der Waals surface area contributed by atoms with Crippen LogP contribution in [0.25, 0.3) is 0 Å². The molecule has 1 spiro atoms. The van der Waals surface area contributed by atoms with Crippen LogP contribution >= 0.6 is 0 Å². The smallest absolute Gasteiger partial charge is 0.142 e. The normalized spacial score (nSPS) is 36.8. The Morgan fingerprint density at radius 2 is 1.26 bits per heavy atom. The average molecular weight is 405 g/mol. The summed E-state index contributed by atoms with van der Waals surface area (Å²) in [5.74, 6) is 0.873. The van der Waals surface area contributed by atoms with E-state index in [0.717, 1.165) is 5.92 Å². The Hall–Kier alpha value is -2.64. The third kappa shape index (κ3) is 2.02. The molecule has 2 aliphatic heterocycles. The summed E-state index contributed by atoms with van der Waals surface area (Å²) in [5.41, 5.74) is 6.05. The van der Waals surface area contributed by atoms with Crippen LogP contribution in [-0.2, 0) is 15.9 Å². The van der Waals surface area contributed by atoms with Crippen LogP contribution in [0.1, 0.15) is 60.8 Å². The van der Waals surface area contributed by atoms with E-state index < -0.39 is 11.2 Å². The van der Waals surface area contributed by atoms with Gasteiger partial charge in [0.15, 0.2) is 0 Å². The van der Waals surface area contributed by atoms with Gasteiger partial charge in [0.05, 0.1) is 0 Å². The van der Waals surface area contributed by atoms with Crippen LogP contribution in [0.2, 0.25) is 0 Å². The molecule has 31 heavy (non-hydrogen) atoms. The monoisotopic (exact) mass is 404 g/mol. The van der Waals surface area contributed by atoms with Crippen LogP contribution in [-0.4, -0.2) is 0 Å². The molecule has 8 rings (SSSR count). The Labute approximate surface area is 184 Å². The van der Waals surface area contributed by atoms with E-state index in [1.54, 1.807) is 5.57 Å². The predicted octanol–water partition coefficient (Wildman–Crippen LogP) is 7.11. The van der Waals surface area contributed by atoms with Crippen LogP contribution in [0.4, 0.5) is 0 Å². The molecule has 3 aromatic carbocycles. The number of fused-ring (bicyclic) bond motifs is 9. The standard InChI is InChI=1S/C30H28O/c1-3-11-23(12-4-1)29-25-15-7-8-16-26(25)30(31-29,24-13-5-2-6-14-24)28-20-18-22(19-21-28)10-9-17-27(28)29/h1-8,11-17,22H,9-10,18-21H2/b27-17+. The highest BCUT2D eigenvalue weighted by molar-refractivity contribution is 5.66. The van der Waals surface area contributed by atoms with E-state index >= 15 is 0 Å². The maximum atomic E-state index is 7.60. The van der Waals surface area contributed by atoms with E-state index in [1.165, 1.54) is 60.8 Å². The highest BCUT2D eigenvalue weighted by Crippen LogP contribution is 2.77. The lowest BCUT2D eigenvalue weighted by Crippen LogP contribution is -2.48. The third-order valence-electron chi connectivity index (χ3n) is 8.80. The Balaban J connectivity index is 1.64. The molecular formula is C30H28O. The number of hydrogen-bond donors (Lipinski definition) is 0. The number of allylic oxidation sites excluding steroid dienone is 1. The van der Waals surface area contributed by atoms with Gasteiger partial charge in [0.25, 0.3) is 0 Å². The van der Waals surface area contributed by atoms with E-state index in [2.05, 4.69) is 91.0 Å². The van der Waals surface area contributed by atoms with Crippen LogP contribution < -0.4 is 0 Å². The fourth-order valence-corrected chi connectivity index (χ4v) is 7.61. The molecule has 0 N–H and O–H groups in total. The fraction of sp³-hybridized carbons (Fsp3) is 0.333. The summed E-state index contributed by atoms with van der Waals surface area (Å²) in [4.78, 5) is 0. The van der Waals surface area contributed by atoms with Crippen molar-refractivity contribution in [1.29, 1.82) is 0 Å². The first-order chi connectivity index (χ1) is 15.3. The first-order valence-electron chi connectivity index (χ1n) is 11.9. The molecule has 1 nitrogen and oxygen atoms in total. The van der Waals surface area contributed by atoms with Gasteiger partial charge < -0.3 is 4.74 Å². The first kappa shape index (κ1) is 18.0. The zero-order chi connectivity index (χ0) is 20.5. The Morgan fingerprint density at radius 1 is 0.645 bits per heavy atom. The van der Waals surface area contributed by atoms with E-state index in [-0.39, 0.29) is 5.41 Å². The van der Waals surface area contributed by atoms with Gasteiger partial charge in [-0.15, -0.1) is 0 Å². The average Bonchev–Trinajstić information content (AvgIpc) is 3.25. The van der Waals surface area contributed by atoms with E-state index in [1.807, 2.05) is 0 Å². The number of benzene rings is 3. The van der Waals surface area contributed by atoms with Crippen LogP contribution in [0.5, 0.6) is 0 Å². The van der Waals surface area contributed by atoms with Crippen LogP contribution in [0, 0.1) is 11.3 Å². The van der Waals surface area contributed by atoms with Gasteiger partial charge in [-0.2, -0.15) is 0 Å². The van der Waals surface area contributed by atoms with Gasteiger partial charge >= 0.3 is 0 Å². The maximum Gasteiger partial charge on any atom is 0.142 e. The molecule has 0 radical (unpaired) electrons. The highest BCUT2D eigenvalue weighted by Gasteiger charge is 2.75. The van der Waals surface area contributed by atoms with Crippen molar-refractivity contribution >= 4 is 0 Å². The van der Waals surface area contributed by atoms with Gasteiger partial charge in [-0.3, -0.25) is 0 Å². The SMILES string of the molecule is C1=C2/C3(c4ccccc4)OC(c4ccccc4)(c4ccccc43)C23CCC(CC/1)CC3. The fourth-order valence-electron chi connectivity index (χ4n) is 7.61. The van der Waals surface area contributed by atoms with Gasteiger partial charge in [-0.1, -0.05) is 91.0 Å². The molecule has 2 heterocycles. The molecule has 3 aromatic rings. The Kier molecular flexibility index (Phi) is 3.60. The van der Waals surface area contributed by atoms with Crippen molar-refractivity contribution in [3.05, 3.63) is 119 Å². The highest BCUT2D eigenvalue weighted by atomic mass is 16.5. The minimum atomic E-state index is -0.474. The summed E-state index contributed by atoms with van der Waals surface area (Å²) in [5, 5.41) is 0. The lowest BCUT2D eigenvalue weighted by molar-refractivity contribution is -0.0844. The summed E-state index contributed by atoms with van der Waals surface area (Å²) in [6.45, 7) is 0. The minimum Gasteiger partial charge on any atom is -0.344 e. The number of hydrogen-bond acceptors (Lipinski definition) is 1. The Morgan fingerprint density at radius 3 is 1.97 bits per heavy atom. The first-order valence-corrected chi connectivity index (χ1v) is 11.9. The molecule has 1 heteroatoms. The molecule has 154 valence electrons. The van der Waals surface area contributed by atoms with Gasteiger partial charge in [0.2, 0.25) is 0 Å². The lowest BCUT2D eigenvalue weighted by atomic mass is 9.49. The Bertz CT molecular complexity index is 1170. The molecule has 4 bridgehead atoms. The van der Waals surface area contributed by atoms with Crippen molar-refractivity contribution in [2.45, 2.75) is 49.7 Å². The van der Waals surface area contributed by atoms with Gasteiger partial charge in [-0.25, -0.2) is 0 Å². The third-order valence-corrected chi connectivity index (χ3v) is 8.80. The second kappa shape index (κ2) is 6.20. The van der Waals surface area contributed by atoms with Crippen LogP contribution in [0.3, 0.4) is 0 Å². The number of rotatable bonds is 2. The van der Waals surface area contributed by atoms with Crippen LogP contribution in [0.15, 0.2) is 96.6 Å². The van der Waals surface area contributed by atoms with Gasteiger partial charge in [0, 0.05) is 5.41 Å². The molecule has 2 fully saturated rings. The zero-order valence-corrected chi connectivity index (χ0v) is 17.9. The van der Waals surface area contributed by atoms with E-state index in [4.69, 9.17) is 4.74 Å². The van der Waals surface area contributed by atoms with Crippen molar-refractivity contribution in [1.82, 2.24) is 0 Å². The molecule has 5 aliphatic rings. The van der Waals surface area contributed by atoms with Crippen molar-refractivity contribution < 1.29 is 4.74 Å². The second-order valence-electron chi connectivity index (χ2n) is 9.96. The maximum absolute atomic E-state index is 7.60. The summed E-state index contributed by atoms with van der Waals surface area (Å²) in [6, 6.07) is 31.2. The van der Waals surface area contributed by atoms with E-state index in [0.29, 0.717) is 0 Å². The minimum absolute atomic E-state index is 0.0372. The summed E-state index contributed by atoms with van der Waals surface area (Å²) in [6.07, 6.45) is 10.2. The molecule has 0 amide bonds. The van der Waals surface area contributed by atoms with Crippen molar-refractivity contribution in [3.63, 3.8) is 0 Å². The van der Waals surface area contributed by atoms with Crippen molar-refractivity contribution in [2.24, 2.45) is 11.3 Å². The lowest BCUT2D eigenvalue weighted by Gasteiger charge is -2.52. The second-order valence-corrected chi connectivity index (χ2v) is 9.96. The molecule has 1 saturated carbocycles. The largest absolute Gasteiger partial charge is 0.344 e. The van der Waals surface area contributed by atoms with E-state index in [9.17, 15) is 0 Å². The van der Waals surface area contributed by atoms with Crippen molar-refractivity contribution in [2.75, 3.05) is 0 Å². The zero-order valence-electron chi connectivity index (χ0n) is 17.9.